The topological polar surface area (TPSA) is 17.1 Å². The van der Waals surface area contributed by atoms with Gasteiger partial charge in [0.05, 0.1) is 0 Å². The van der Waals surface area contributed by atoms with Gasteiger partial charge in [-0.25, -0.2) is 4.39 Å². The van der Waals surface area contributed by atoms with Gasteiger partial charge in [0.2, 0.25) is 0 Å². The number of carbonyl (C=O) groups excluding carboxylic acids is 1. The summed E-state index contributed by atoms with van der Waals surface area (Å²) in [6.45, 7) is 6.18. The number of rotatable bonds is 4. The predicted octanol–water partition coefficient (Wildman–Crippen LogP) is 3.19. The Kier molecular flexibility index (Phi) is 3.40. The first kappa shape index (κ1) is 11.6. The molecule has 0 bridgehead atoms. The Balaban J connectivity index is 2.98. The Morgan fingerprint density at radius 2 is 2.00 bits per heavy atom. The van der Waals surface area contributed by atoms with Crippen LogP contribution in [0.15, 0.2) is 36.9 Å². The first-order chi connectivity index (χ1) is 6.98. The maximum Gasteiger partial charge on any atom is 0.190 e. The van der Waals surface area contributed by atoms with Gasteiger partial charge in [-0.2, -0.15) is 0 Å². The summed E-state index contributed by atoms with van der Waals surface area (Å²) in [5, 5.41) is 0. The second-order valence-electron chi connectivity index (χ2n) is 3.75. The molecule has 0 radical (unpaired) electrons. The molecule has 0 heterocycles. The molecule has 0 amide bonds. The predicted molar refractivity (Wildman–Crippen MR) is 59.5 cm³/mol. The molecule has 0 aliphatic heterocycles. The molecule has 0 saturated heterocycles. The van der Waals surface area contributed by atoms with Crippen molar-refractivity contribution in [1.82, 2.24) is 0 Å². The zero-order valence-electron chi connectivity index (χ0n) is 9.09. The lowest BCUT2D eigenvalue weighted by molar-refractivity contribution is -0.127. The second-order valence-corrected chi connectivity index (χ2v) is 3.75. The molecule has 1 unspecified atom stereocenters. The van der Waals surface area contributed by atoms with Crippen LogP contribution in [0.25, 0.3) is 0 Å². The maximum atomic E-state index is 13.9. The van der Waals surface area contributed by atoms with E-state index in [1.165, 1.54) is 13.8 Å². The molecule has 0 N–H and O–H groups in total. The average molecular weight is 206 g/mol. The quantitative estimate of drug-likeness (QED) is 0.691. The molecule has 0 spiro atoms. The van der Waals surface area contributed by atoms with Crippen LogP contribution in [0.5, 0.6) is 0 Å². The number of benzene rings is 1. The minimum absolute atomic E-state index is 0.405. The molecule has 0 fully saturated rings. The van der Waals surface area contributed by atoms with Gasteiger partial charge in [0.1, 0.15) is 0 Å². The summed E-state index contributed by atoms with van der Waals surface area (Å²) in [7, 11) is 0. The number of Topliss-reactive ketones (excluding diaryl/α,β-unsaturated/α-hetero) is 1. The molecule has 1 aromatic carbocycles. The maximum absolute atomic E-state index is 13.9. The van der Waals surface area contributed by atoms with Crippen molar-refractivity contribution in [2.45, 2.75) is 25.9 Å². The highest BCUT2D eigenvalue weighted by atomic mass is 19.1. The fourth-order valence-electron chi connectivity index (χ4n) is 1.32. The first-order valence-corrected chi connectivity index (χ1v) is 4.88. The summed E-state index contributed by atoms with van der Waals surface area (Å²) >= 11 is 0. The Hall–Kier alpha value is -1.44. The lowest BCUT2D eigenvalue weighted by atomic mass is 9.93. The van der Waals surface area contributed by atoms with E-state index in [9.17, 15) is 9.18 Å². The van der Waals surface area contributed by atoms with Crippen LogP contribution in [0.2, 0.25) is 0 Å². The minimum Gasteiger partial charge on any atom is -0.296 e. The average Bonchev–Trinajstić information content (AvgIpc) is 2.19. The van der Waals surface area contributed by atoms with E-state index in [1.54, 1.807) is 18.2 Å². The van der Waals surface area contributed by atoms with E-state index >= 15 is 0 Å². The van der Waals surface area contributed by atoms with Crippen molar-refractivity contribution in [1.29, 1.82) is 0 Å². The van der Waals surface area contributed by atoms with Gasteiger partial charge in [-0.1, -0.05) is 30.3 Å². The molecule has 0 aromatic heterocycles. The summed E-state index contributed by atoms with van der Waals surface area (Å²) in [4.78, 5) is 11.1. The van der Waals surface area contributed by atoms with Crippen molar-refractivity contribution < 1.29 is 9.18 Å². The van der Waals surface area contributed by atoms with Crippen molar-refractivity contribution in [2.75, 3.05) is 0 Å². The van der Waals surface area contributed by atoms with Crippen LogP contribution in [0.3, 0.4) is 0 Å². The Morgan fingerprint density at radius 1 is 1.47 bits per heavy atom. The summed E-state index contributed by atoms with van der Waals surface area (Å²) in [5.74, 6) is -0.473. The second kappa shape index (κ2) is 4.39. The molecular formula is C13H15FO. The van der Waals surface area contributed by atoms with Crippen LogP contribution in [-0.2, 0) is 16.9 Å². The molecule has 0 aliphatic rings. The van der Waals surface area contributed by atoms with Gasteiger partial charge in [-0.05, 0) is 31.4 Å². The van der Waals surface area contributed by atoms with Crippen LogP contribution in [-0.4, -0.2) is 5.78 Å². The molecular weight excluding hydrogens is 191 g/mol. The van der Waals surface area contributed by atoms with E-state index in [2.05, 4.69) is 6.58 Å². The van der Waals surface area contributed by atoms with Crippen LogP contribution in [0, 0.1) is 0 Å². The molecule has 1 nitrogen and oxygen atoms in total. The summed E-state index contributed by atoms with van der Waals surface area (Å²) in [5.41, 5.74) is -0.414. The smallest absolute Gasteiger partial charge is 0.190 e. The monoisotopic (exact) mass is 206 g/mol. The Bertz CT molecular complexity index is 363. The Morgan fingerprint density at radius 3 is 2.40 bits per heavy atom. The third-order valence-corrected chi connectivity index (χ3v) is 2.54. The number of hydrogen-bond donors (Lipinski definition) is 0. The van der Waals surface area contributed by atoms with Crippen molar-refractivity contribution in [3.8, 4) is 0 Å². The highest BCUT2D eigenvalue weighted by Crippen LogP contribution is 2.26. The normalized spacial score (nSPS) is 14.3. The zero-order chi connectivity index (χ0) is 11.5. The number of alkyl halides is 1. The van der Waals surface area contributed by atoms with Gasteiger partial charge in [0.25, 0.3) is 0 Å². The van der Waals surface area contributed by atoms with Crippen LogP contribution in [0.4, 0.5) is 4.39 Å². The molecule has 1 aromatic rings. The lowest BCUT2D eigenvalue weighted by Crippen LogP contribution is -2.24. The van der Waals surface area contributed by atoms with E-state index in [-0.39, 0.29) is 0 Å². The molecule has 0 saturated carbocycles. The fraction of sp³-hybridized carbons (Fsp3) is 0.308. The number of carbonyl (C=O) groups is 1. The zero-order valence-corrected chi connectivity index (χ0v) is 9.09. The van der Waals surface area contributed by atoms with E-state index in [0.717, 1.165) is 12.0 Å². The number of halogens is 1. The van der Waals surface area contributed by atoms with E-state index in [0.29, 0.717) is 5.56 Å². The van der Waals surface area contributed by atoms with E-state index in [1.807, 2.05) is 12.1 Å². The van der Waals surface area contributed by atoms with Crippen molar-refractivity contribution >= 4 is 5.78 Å². The van der Waals surface area contributed by atoms with E-state index in [4.69, 9.17) is 0 Å². The van der Waals surface area contributed by atoms with Gasteiger partial charge in [-0.15, -0.1) is 6.58 Å². The molecule has 2 heteroatoms. The van der Waals surface area contributed by atoms with Crippen LogP contribution < -0.4 is 0 Å². The number of hydrogen-bond acceptors (Lipinski definition) is 1. The summed E-state index contributed by atoms with van der Waals surface area (Å²) in [6.07, 6.45) is 2.54. The number of allylic oxidation sites excluding steroid dienone is 1. The Labute approximate surface area is 89.6 Å². The van der Waals surface area contributed by atoms with Crippen molar-refractivity contribution in [3.05, 3.63) is 48.0 Å². The largest absolute Gasteiger partial charge is 0.296 e. The highest BCUT2D eigenvalue weighted by Gasteiger charge is 2.31. The van der Waals surface area contributed by atoms with E-state index < -0.39 is 11.5 Å². The third kappa shape index (κ3) is 2.52. The van der Waals surface area contributed by atoms with Gasteiger partial charge < -0.3 is 0 Å². The van der Waals surface area contributed by atoms with Gasteiger partial charge in [-0.3, -0.25) is 4.79 Å². The van der Waals surface area contributed by atoms with Crippen molar-refractivity contribution in [2.24, 2.45) is 0 Å². The molecule has 80 valence electrons. The fourth-order valence-corrected chi connectivity index (χ4v) is 1.32. The highest BCUT2D eigenvalue weighted by molar-refractivity contribution is 5.85. The van der Waals surface area contributed by atoms with Crippen LogP contribution >= 0.6 is 0 Å². The van der Waals surface area contributed by atoms with Crippen LogP contribution in [0.1, 0.15) is 25.0 Å². The first-order valence-electron chi connectivity index (χ1n) is 4.88. The number of ketones is 1. The molecule has 1 atom stereocenters. The SMILES string of the molecule is C=CCc1ccc(C(C)(F)C(C)=O)cc1. The minimum atomic E-state index is -1.88. The molecule has 0 aliphatic carbocycles. The third-order valence-electron chi connectivity index (χ3n) is 2.54. The lowest BCUT2D eigenvalue weighted by Gasteiger charge is -2.17. The molecule has 15 heavy (non-hydrogen) atoms. The van der Waals surface area contributed by atoms with Gasteiger partial charge >= 0.3 is 0 Å². The van der Waals surface area contributed by atoms with Gasteiger partial charge in [0, 0.05) is 0 Å². The standard InChI is InChI=1S/C13H15FO/c1-4-5-11-6-8-12(9-7-11)13(3,14)10(2)15/h4,6-9H,1,5H2,2-3H3. The summed E-state index contributed by atoms with van der Waals surface area (Å²) < 4.78 is 13.9. The summed E-state index contributed by atoms with van der Waals surface area (Å²) in [6, 6.07) is 6.94. The molecule has 1 rings (SSSR count). The van der Waals surface area contributed by atoms with Gasteiger partial charge in [0.15, 0.2) is 11.5 Å². The van der Waals surface area contributed by atoms with Crippen molar-refractivity contribution in [3.63, 3.8) is 0 Å².